The van der Waals surface area contributed by atoms with Gasteiger partial charge >= 0.3 is 6.09 Å². The van der Waals surface area contributed by atoms with Crippen LogP contribution in [0.4, 0.5) is 4.79 Å². The Hall–Kier alpha value is -0.770. The molecule has 0 aromatic carbocycles. The van der Waals surface area contributed by atoms with Crippen molar-refractivity contribution in [2.24, 2.45) is 16.7 Å². The largest absolute Gasteiger partial charge is 0.444 e. The van der Waals surface area contributed by atoms with Crippen LogP contribution in [-0.4, -0.2) is 40.4 Å². The Balaban J connectivity index is 1.90. The lowest BCUT2D eigenvalue weighted by Crippen LogP contribution is -2.66. The zero-order valence-corrected chi connectivity index (χ0v) is 16.2. The van der Waals surface area contributed by atoms with Gasteiger partial charge in [-0.1, -0.05) is 13.8 Å². The van der Waals surface area contributed by atoms with Crippen LogP contribution in [0, 0.1) is 16.7 Å². The van der Waals surface area contributed by atoms with Gasteiger partial charge in [0.15, 0.2) is 0 Å². The molecule has 4 heteroatoms. The first kappa shape index (κ1) is 18.0. The molecule has 1 N–H and O–H groups in total. The summed E-state index contributed by atoms with van der Waals surface area (Å²) in [5, 5.41) is 9.33. The predicted octanol–water partition coefficient (Wildman–Crippen LogP) is 4.35. The smallest absolute Gasteiger partial charge is 0.410 e. The van der Waals surface area contributed by atoms with E-state index in [2.05, 4.69) is 13.8 Å². The molecule has 0 spiro atoms. The molecule has 4 rings (SSSR count). The average Bonchev–Trinajstić information content (AvgIpc) is 2.31. The van der Waals surface area contributed by atoms with Gasteiger partial charge in [0, 0.05) is 18.7 Å². The summed E-state index contributed by atoms with van der Waals surface area (Å²) in [6.45, 7) is 11.3. The third-order valence-corrected chi connectivity index (χ3v) is 6.32. The van der Waals surface area contributed by atoms with E-state index in [0.29, 0.717) is 23.8 Å². The first-order valence-electron chi connectivity index (χ1n) is 9.60. The minimum atomic E-state index is -0.482. The van der Waals surface area contributed by atoms with Crippen molar-refractivity contribution < 1.29 is 14.6 Å². The number of rotatable bonds is 4. The summed E-state index contributed by atoms with van der Waals surface area (Å²) < 4.78 is 5.76. The molecule has 4 aliphatic carbocycles. The molecule has 4 nitrogen and oxygen atoms in total. The Morgan fingerprint density at radius 3 is 2.17 bits per heavy atom. The second kappa shape index (κ2) is 5.62. The van der Waals surface area contributed by atoms with Gasteiger partial charge in [0.05, 0.1) is 0 Å². The van der Waals surface area contributed by atoms with E-state index in [0.717, 1.165) is 25.2 Å². The fourth-order valence-electron chi connectivity index (χ4n) is 6.76. The van der Waals surface area contributed by atoms with Crippen molar-refractivity contribution in [3.05, 3.63) is 0 Å². The van der Waals surface area contributed by atoms with Gasteiger partial charge in [-0.3, -0.25) is 0 Å². The Morgan fingerprint density at radius 2 is 1.71 bits per heavy atom. The molecule has 4 saturated carbocycles. The molecule has 138 valence electrons. The number of hydrogen-bond donors (Lipinski definition) is 1. The maximum Gasteiger partial charge on any atom is 0.410 e. The SMILES string of the molecule is CC(C)(C)OC(=O)N(CCCO)C12CC3C[C@@](C)(C1)C[C@](C)(C3)C2. The summed E-state index contributed by atoms with van der Waals surface area (Å²) in [7, 11) is 0. The van der Waals surface area contributed by atoms with Crippen LogP contribution in [0.25, 0.3) is 0 Å². The molecule has 4 fully saturated rings. The lowest BCUT2D eigenvalue weighted by molar-refractivity contribution is -0.157. The fraction of sp³-hybridized carbons (Fsp3) is 0.950. The molecule has 4 atom stereocenters. The predicted molar refractivity (Wildman–Crippen MR) is 94.8 cm³/mol. The third-order valence-electron chi connectivity index (χ3n) is 6.32. The van der Waals surface area contributed by atoms with Gasteiger partial charge in [-0.15, -0.1) is 0 Å². The van der Waals surface area contributed by atoms with Gasteiger partial charge in [0.25, 0.3) is 0 Å². The zero-order valence-electron chi connectivity index (χ0n) is 16.2. The van der Waals surface area contributed by atoms with E-state index in [1.165, 1.54) is 19.3 Å². The van der Waals surface area contributed by atoms with Gasteiger partial charge in [0.1, 0.15) is 5.60 Å². The first-order valence-corrected chi connectivity index (χ1v) is 9.60. The minimum absolute atomic E-state index is 0.0690. The lowest BCUT2D eigenvalue weighted by atomic mass is 9.42. The molecular formula is C20H35NO3. The standard InChI is InChI=1S/C20H35NO3/c1-17(2,3)24-16(23)21(7-6-8-22)20-11-15-9-18(4,13-20)12-19(5,10-15)14-20/h15,22H,6-14H2,1-5H3/t15?,18-,19+,20?. The van der Waals surface area contributed by atoms with E-state index >= 15 is 0 Å². The van der Waals surface area contributed by atoms with Crippen LogP contribution >= 0.6 is 0 Å². The zero-order chi connectivity index (χ0) is 17.8. The molecule has 24 heavy (non-hydrogen) atoms. The maximum atomic E-state index is 13.0. The number of aliphatic hydroxyl groups excluding tert-OH is 1. The number of ether oxygens (including phenoxy) is 1. The second-order valence-corrected chi connectivity index (χ2v) is 10.6. The van der Waals surface area contributed by atoms with Crippen molar-refractivity contribution in [2.75, 3.05) is 13.2 Å². The highest BCUT2D eigenvalue weighted by Crippen LogP contribution is 2.67. The van der Waals surface area contributed by atoms with Crippen LogP contribution < -0.4 is 0 Å². The van der Waals surface area contributed by atoms with Crippen LogP contribution in [-0.2, 0) is 4.74 Å². The Bertz CT molecular complexity index is 492. The van der Waals surface area contributed by atoms with Gasteiger partial charge in [-0.05, 0) is 82.5 Å². The molecule has 0 heterocycles. The molecular weight excluding hydrogens is 302 g/mol. The van der Waals surface area contributed by atoms with Crippen molar-refractivity contribution in [1.29, 1.82) is 0 Å². The van der Waals surface area contributed by atoms with Crippen LogP contribution in [0.5, 0.6) is 0 Å². The average molecular weight is 338 g/mol. The summed E-state index contributed by atoms with van der Waals surface area (Å²) in [5.41, 5.74) is 0.159. The molecule has 0 aromatic rings. The van der Waals surface area contributed by atoms with E-state index in [9.17, 15) is 9.90 Å². The number of amides is 1. The topological polar surface area (TPSA) is 49.8 Å². The van der Waals surface area contributed by atoms with E-state index in [4.69, 9.17) is 4.74 Å². The molecule has 0 saturated heterocycles. The highest BCUT2D eigenvalue weighted by Gasteiger charge is 2.62. The van der Waals surface area contributed by atoms with Crippen molar-refractivity contribution in [2.45, 2.75) is 90.7 Å². The summed E-state index contributed by atoms with van der Waals surface area (Å²) >= 11 is 0. The van der Waals surface area contributed by atoms with E-state index in [1.807, 2.05) is 25.7 Å². The fourth-order valence-corrected chi connectivity index (χ4v) is 6.76. The molecule has 2 unspecified atom stereocenters. The molecule has 0 radical (unpaired) electrons. The monoisotopic (exact) mass is 337 g/mol. The van der Waals surface area contributed by atoms with E-state index in [-0.39, 0.29) is 18.2 Å². The van der Waals surface area contributed by atoms with Gasteiger partial charge in [0.2, 0.25) is 0 Å². The highest BCUT2D eigenvalue weighted by atomic mass is 16.6. The highest BCUT2D eigenvalue weighted by molar-refractivity contribution is 5.69. The van der Waals surface area contributed by atoms with E-state index < -0.39 is 5.60 Å². The number of aliphatic hydroxyl groups is 1. The molecule has 0 aromatic heterocycles. The molecule has 0 aliphatic heterocycles. The summed E-state index contributed by atoms with van der Waals surface area (Å²) in [4.78, 5) is 15.0. The molecule has 4 aliphatic rings. The minimum Gasteiger partial charge on any atom is -0.444 e. The molecule has 4 bridgehead atoms. The van der Waals surface area contributed by atoms with Crippen molar-refractivity contribution in [3.8, 4) is 0 Å². The van der Waals surface area contributed by atoms with Gasteiger partial charge in [-0.2, -0.15) is 0 Å². The van der Waals surface area contributed by atoms with Crippen LogP contribution in [0.2, 0.25) is 0 Å². The summed E-state index contributed by atoms with van der Waals surface area (Å²) in [6, 6.07) is 0. The quantitative estimate of drug-likeness (QED) is 0.829. The van der Waals surface area contributed by atoms with Crippen LogP contribution in [0.3, 0.4) is 0 Å². The summed E-state index contributed by atoms with van der Waals surface area (Å²) in [5.74, 6) is 0.732. The normalized spacial score (nSPS) is 40.7. The maximum absolute atomic E-state index is 13.0. The van der Waals surface area contributed by atoms with Crippen molar-refractivity contribution in [3.63, 3.8) is 0 Å². The number of carbonyl (C=O) groups excluding carboxylic acids is 1. The van der Waals surface area contributed by atoms with Gasteiger partial charge in [-0.25, -0.2) is 4.79 Å². The Labute approximate surface area is 146 Å². The number of carbonyl (C=O) groups is 1. The van der Waals surface area contributed by atoms with Crippen molar-refractivity contribution >= 4 is 6.09 Å². The van der Waals surface area contributed by atoms with Crippen molar-refractivity contribution in [1.82, 2.24) is 4.90 Å². The molecule has 1 amide bonds. The first-order chi connectivity index (χ1) is 11.0. The number of hydrogen-bond acceptors (Lipinski definition) is 3. The van der Waals surface area contributed by atoms with Crippen LogP contribution in [0.1, 0.15) is 79.6 Å². The summed E-state index contributed by atoms with van der Waals surface area (Å²) in [6.07, 6.45) is 7.65. The second-order valence-electron chi connectivity index (χ2n) is 10.6. The Kier molecular flexibility index (Phi) is 4.22. The lowest BCUT2D eigenvalue weighted by Gasteiger charge is -2.67. The van der Waals surface area contributed by atoms with Gasteiger partial charge < -0.3 is 14.7 Å². The van der Waals surface area contributed by atoms with E-state index in [1.54, 1.807) is 0 Å². The van der Waals surface area contributed by atoms with Crippen LogP contribution in [0.15, 0.2) is 0 Å². The third kappa shape index (κ3) is 3.31. The Morgan fingerprint density at radius 1 is 1.12 bits per heavy atom. The number of nitrogens with zero attached hydrogens (tertiary/aromatic N) is 1.